The Hall–Kier alpha value is -0.170. The smallest absolute Gasteiger partial charge is 0.209 e. The topological polar surface area (TPSA) is 72.6 Å². The molecule has 14 heavy (non-hydrogen) atoms. The molecule has 1 heterocycles. The van der Waals surface area contributed by atoms with E-state index in [-0.39, 0.29) is 5.75 Å². The molecule has 2 N–H and O–H groups in total. The third kappa shape index (κ3) is 4.36. The van der Waals surface area contributed by atoms with Crippen molar-refractivity contribution < 1.29 is 13.2 Å². The maximum Gasteiger partial charge on any atom is 0.209 e. The molecule has 84 valence electrons. The summed E-state index contributed by atoms with van der Waals surface area (Å²) < 4.78 is 26.5. The van der Waals surface area contributed by atoms with Gasteiger partial charge in [-0.3, -0.25) is 0 Å². The van der Waals surface area contributed by atoms with Crippen LogP contribution in [0.15, 0.2) is 0 Å². The van der Waals surface area contributed by atoms with Gasteiger partial charge in [0.2, 0.25) is 10.0 Å². The first-order valence-electron chi connectivity index (χ1n) is 4.77. The van der Waals surface area contributed by atoms with Gasteiger partial charge in [-0.05, 0) is 19.4 Å². The van der Waals surface area contributed by atoms with E-state index in [9.17, 15) is 8.42 Å². The number of primary sulfonamides is 1. The minimum absolute atomic E-state index is 0.0706. The summed E-state index contributed by atoms with van der Waals surface area (Å²) in [5.41, 5.74) is 0. The van der Waals surface area contributed by atoms with E-state index in [4.69, 9.17) is 9.88 Å². The molecule has 1 fully saturated rings. The second kappa shape index (κ2) is 5.06. The Morgan fingerprint density at radius 1 is 1.57 bits per heavy atom. The first-order valence-corrected chi connectivity index (χ1v) is 6.48. The van der Waals surface area contributed by atoms with Crippen molar-refractivity contribution >= 4 is 10.0 Å². The number of nitrogens with zero attached hydrogens (tertiary/aromatic N) is 1. The van der Waals surface area contributed by atoms with Gasteiger partial charge in [-0.2, -0.15) is 0 Å². The van der Waals surface area contributed by atoms with Crippen LogP contribution < -0.4 is 5.14 Å². The van der Waals surface area contributed by atoms with Crippen LogP contribution in [0.2, 0.25) is 0 Å². The normalized spacial score (nSPS) is 24.3. The van der Waals surface area contributed by atoms with E-state index in [2.05, 4.69) is 4.90 Å². The molecule has 1 aliphatic heterocycles. The molecule has 0 radical (unpaired) electrons. The summed E-state index contributed by atoms with van der Waals surface area (Å²) in [6.07, 6.45) is 1.95. The zero-order chi connectivity index (χ0) is 10.6. The molecule has 0 amide bonds. The highest BCUT2D eigenvalue weighted by Gasteiger charge is 2.21. The zero-order valence-corrected chi connectivity index (χ0v) is 9.29. The van der Waals surface area contributed by atoms with Gasteiger partial charge >= 0.3 is 0 Å². The lowest BCUT2D eigenvalue weighted by atomic mass is 10.3. The molecule has 1 aliphatic rings. The number of rotatable bonds is 5. The van der Waals surface area contributed by atoms with Crippen molar-refractivity contribution in [1.29, 1.82) is 0 Å². The quantitative estimate of drug-likeness (QED) is 0.673. The third-order valence-electron chi connectivity index (χ3n) is 2.47. The summed E-state index contributed by atoms with van der Waals surface area (Å²) in [7, 11) is -1.59. The van der Waals surface area contributed by atoms with Crippen molar-refractivity contribution in [3.05, 3.63) is 0 Å². The van der Waals surface area contributed by atoms with Crippen LogP contribution in [0.4, 0.5) is 0 Å². The van der Waals surface area contributed by atoms with E-state index in [1.807, 2.05) is 0 Å². The molecule has 0 spiro atoms. The minimum Gasteiger partial charge on any atom is -0.380 e. The van der Waals surface area contributed by atoms with E-state index in [0.29, 0.717) is 12.5 Å². The lowest BCUT2D eigenvalue weighted by Crippen LogP contribution is -2.26. The Kier molecular flexibility index (Phi) is 4.31. The molecule has 0 aromatic carbocycles. The van der Waals surface area contributed by atoms with Crippen LogP contribution in [0.3, 0.4) is 0 Å². The summed E-state index contributed by atoms with van der Waals surface area (Å²) in [5, 5.41) is 4.90. The number of likely N-dealkylation sites (tertiary alicyclic amines) is 1. The van der Waals surface area contributed by atoms with E-state index in [1.165, 1.54) is 0 Å². The van der Waals surface area contributed by atoms with Gasteiger partial charge in [0.15, 0.2) is 0 Å². The minimum atomic E-state index is -3.29. The Balaban J connectivity index is 2.15. The molecule has 6 heteroatoms. The van der Waals surface area contributed by atoms with Gasteiger partial charge in [0.1, 0.15) is 0 Å². The summed E-state index contributed by atoms with van der Waals surface area (Å²) in [5.74, 6) is 0.0706. The van der Waals surface area contributed by atoms with Gasteiger partial charge in [-0.15, -0.1) is 0 Å². The lowest BCUT2D eigenvalue weighted by Gasteiger charge is -2.14. The summed E-state index contributed by atoms with van der Waals surface area (Å²) in [6.45, 7) is 2.68. The van der Waals surface area contributed by atoms with Gasteiger partial charge < -0.3 is 9.64 Å². The fourth-order valence-corrected chi connectivity index (χ4v) is 2.21. The largest absolute Gasteiger partial charge is 0.380 e. The standard InChI is InChI=1S/C8H18N2O3S/c1-13-8-3-5-10(7-8)4-2-6-14(9,11)12/h8H,2-7H2,1H3,(H2,9,11,12). The second-order valence-corrected chi connectivity index (χ2v) is 5.40. The number of hydrogen-bond donors (Lipinski definition) is 1. The third-order valence-corrected chi connectivity index (χ3v) is 3.32. The fraction of sp³-hybridized carbons (Fsp3) is 1.00. The van der Waals surface area contributed by atoms with Gasteiger partial charge in [0.25, 0.3) is 0 Å². The van der Waals surface area contributed by atoms with Crippen LogP contribution in [-0.4, -0.2) is 51.9 Å². The van der Waals surface area contributed by atoms with Crippen molar-refractivity contribution in [3.63, 3.8) is 0 Å². The van der Waals surface area contributed by atoms with E-state index in [0.717, 1.165) is 26.1 Å². The average Bonchev–Trinajstić information content (AvgIpc) is 2.50. The van der Waals surface area contributed by atoms with E-state index >= 15 is 0 Å². The fourth-order valence-electron chi connectivity index (χ4n) is 1.68. The Bertz CT molecular complexity index is 266. The zero-order valence-electron chi connectivity index (χ0n) is 8.48. The molecular weight excluding hydrogens is 204 g/mol. The molecule has 5 nitrogen and oxygen atoms in total. The number of nitrogens with two attached hydrogens (primary N) is 1. The van der Waals surface area contributed by atoms with Gasteiger partial charge in [-0.25, -0.2) is 13.6 Å². The molecule has 0 bridgehead atoms. The summed E-state index contributed by atoms with van der Waals surface area (Å²) in [6, 6.07) is 0. The summed E-state index contributed by atoms with van der Waals surface area (Å²) in [4.78, 5) is 2.21. The highest BCUT2D eigenvalue weighted by Crippen LogP contribution is 2.11. The highest BCUT2D eigenvalue weighted by atomic mass is 32.2. The maximum absolute atomic E-state index is 10.7. The van der Waals surface area contributed by atoms with Crippen molar-refractivity contribution in [2.24, 2.45) is 5.14 Å². The maximum atomic E-state index is 10.7. The SMILES string of the molecule is COC1CCN(CCCS(N)(=O)=O)C1. The van der Waals surface area contributed by atoms with Crippen LogP contribution in [-0.2, 0) is 14.8 Å². The predicted octanol–water partition coefficient (Wildman–Crippen LogP) is -0.614. The summed E-state index contributed by atoms with van der Waals surface area (Å²) >= 11 is 0. The second-order valence-electron chi connectivity index (χ2n) is 3.67. The molecular formula is C8H18N2O3S. The molecule has 1 rings (SSSR count). The number of ether oxygens (including phenoxy) is 1. The average molecular weight is 222 g/mol. The molecule has 1 unspecified atom stereocenters. The molecule has 0 saturated carbocycles. The van der Waals surface area contributed by atoms with Crippen LogP contribution in [0.5, 0.6) is 0 Å². The molecule has 1 saturated heterocycles. The number of sulfonamides is 1. The van der Waals surface area contributed by atoms with Crippen molar-refractivity contribution in [2.45, 2.75) is 18.9 Å². The van der Waals surface area contributed by atoms with Crippen LogP contribution in [0.1, 0.15) is 12.8 Å². The Labute approximate surface area is 85.3 Å². The molecule has 1 atom stereocenters. The van der Waals surface area contributed by atoms with Gasteiger partial charge in [-0.1, -0.05) is 0 Å². The van der Waals surface area contributed by atoms with Crippen LogP contribution in [0, 0.1) is 0 Å². The van der Waals surface area contributed by atoms with Gasteiger partial charge in [0.05, 0.1) is 11.9 Å². The lowest BCUT2D eigenvalue weighted by molar-refractivity contribution is 0.108. The first kappa shape index (κ1) is 11.9. The molecule has 0 aromatic heterocycles. The van der Waals surface area contributed by atoms with E-state index < -0.39 is 10.0 Å². The predicted molar refractivity (Wildman–Crippen MR) is 54.4 cm³/mol. The Morgan fingerprint density at radius 2 is 2.29 bits per heavy atom. The number of hydrogen-bond acceptors (Lipinski definition) is 4. The highest BCUT2D eigenvalue weighted by molar-refractivity contribution is 7.89. The van der Waals surface area contributed by atoms with Crippen molar-refractivity contribution in [1.82, 2.24) is 4.90 Å². The molecule has 0 aliphatic carbocycles. The van der Waals surface area contributed by atoms with Crippen LogP contribution >= 0.6 is 0 Å². The first-order chi connectivity index (χ1) is 6.51. The Morgan fingerprint density at radius 3 is 2.79 bits per heavy atom. The van der Waals surface area contributed by atoms with Crippen molar-refractivity contribution in [2.75, 3.05) is 32.5 Å². The molecule has 0 aromatic rings. The van der Waals surface area contributed by atoms with Crippen molar-refractivity contribution in [3.8, 4) is 0 Å². The van der Waals surface area contributed by atoms with Crippen LogP contribution in [0.25, 0.3) is 0 Å². The van der Waals surface area contributed by atoms with E-state index in [1.54, 1.807) is 7.11 Å². The monoisotopic (exact) mass is 222 g/mol. The van der Waals surface area contributed by atoms with Gasteiger partial charge in [0, 0.05) is 20.2 Å². The number of methoxy groups -OCH3 is 1.